The standard InChI is InChI=1S/C10H17N3/c11-7-3-1-2-6-10-9(12)5-4-8-13-10/h4-5,8H,1-3,6-7,11-12H2. The Balaban J connectivity index is 2.32. The summed E-state index contributed by atoms with van der Waals surface area (Å²) in [6, 6.07) is 3.75. The van der Waals surface area contributed by atoms with Crippen LogP contribution < -0.4 is 11.5 Å². The van der Waals surface area contributed by atoms with Crippen LogP contribution in [0.5, 0.6) is 0 Å². The molecule has 0 radical (unpaired) electrons. The van der Waals surface area contributed by atoms with E-state index < -0.39 is 0 Å². The number of anilines is 1. The number of nitrogen functional groups attached to an aromatic ring is 1. The van der Waals surface area contributed by atoms with Crippen molar-refractivity contribution in [1.82, 2.24) is 4.98 Å². The van der Waals surface area contributed by atoms with Gasteiger partial charge in [-0.3, -0.25) is 4.98 Å². The van der Waals surface area contributed by atoms with Crippen molar-refractivity contribution in [2.75, 3.05) is 12.3 Å². The van der Waals surface area contributed by atoms with Crippen LogP contribution in [0.4, 0.5) is 5.69 Å². The first-order chi connectivity index (χ1) is 6.34. The van der Waals surface area contributed by atoms with Crippen molar-refractivity contribution in [2.24, 2.45) is 5.73 Å². The molecule has 4 N–H and O–H groups in total. The maximum absolute atomic E-state index is 5.75. The molecule has 0 spiro atoms. The molecule has 0 fully saturated rings. The lowest BCUT2D eigenvalue weighted by Gasteiger charge is -2.02. The minimum Gasteiger partial charge on any atom is -0.397 e. The number of nitrogens with zero attached hydrogens (tertiary/aromatic N) is 1. The number of hydrogen-bond acceptors (Lipinski definition) is 3. The van der Waals surface area contributed by atoms with Gasteiger partial charge in [0.1, 0.15) is 0 Å². The summed E-state index contributed by atoms with van der Waals surface area (Å²) in [5.74, 6) is 0. The van der Waals surface area contributed by atoms with Crippen molar-refractivity contribution in [3.63, 3.8) is 0 Å². The van der Waals surface area contributed by atoms with Gasteiger partial charge in [0.2, 0.25) is 0 Å². The van der Waals surface area contributed by atoms with Gasteiger partial charge >= 0.3 is 0 Å². The molecule has 0 saturated heterocycles. The second-order valence-corrected chi connectivity index (χ2v) is 3.14. The smallest absolute Gasteiger partial charge is 0.0632 e. The number of aryl methyl sites for hydroxylation is 1. The van der Waals surface area contributed by atoms with E-state index in [1.807, 2.05) is 12.1 Å². The third kappa shape index (κ3) is 3.42. The fourth-order valence-electron chi connectivity index (χ4n) is 1.27. The number of hydrogen-bond donors (Lipinski definition) is 2. The lowest BCUT2D eigenvalue weighted by atomic mass is 10.1. The van der Waals surface area contributed by atoms with E-state index in [0.717, 1.165) is 43.6 Å². The molecular weight excluding hydrogens is 162 g/mol. The van der Waals surface area contributed by atoms with E-state index in [1.165, 1.54) is 0 Å². The average Bonchev–Trinajstić information content (AvgIpc) is 2.15. The molecule has 72 valence electrons. The van der Waals surface area contributed by atoms with Gasteiger partial charge < -0.3 is 11.5 Å². The van der Waals surface area contributed by atoms with Crippen molar-refractivity contribution in [3.8, 4) is 0 Å². The maximum atomic E-state index is 5.75. The third-order valence-electron chi connectivity index (χ3n) is 2.04. The molecule has 1 aromatic rings. The van der Waals surface area contributed by atoms with Crippen LogP contribution in [0.15, 0.2) is 18.3 Å². The maximum Gasteiger partial charge on any atom is 0.0632 e. The molecule has 0 amide bonds. The molecule has 1 rings (SSSR count). The van der Waals surface area contributed by atoms with Crippen LogP contribution in [0.3, 0.4) is 0 Å². The van der Waals surface area contributed by atoms with Crippen LogP contribution in [-0.4, -0.2) is 11.5 Å². The molecule has 0 atom stereocenters. The molecule has 1 heterocycles. The number of nitrogens with two attached hydrogens (primary N) is 2. The first-order valence-corrected chi connectivity index (χ1v) is 4.74. The van der Waals surface area contributed by atoms with E-state index in [9.17, 15) is 0 Å². The van der Waals surface area contributed by atoms with E-state index in [0.29, 0.717) is 0 Å². The highest BCUT2D eigenvalue weighted by atomic mass is 14.7. The van der Waals surface area contributed by atoms with Crippen LogP contribution in [-0.2, 0) is 6.42 Å². The van der Waals surface area contributed by atoms with E-state index in [2.05, 4.69) is 4.98 Å². The Labute approximate surface area is 79.2 Å². The average molecular weight is 179 g/mol. The molecule has 0 aromatic carbocycles. The van der Waals surface area contributed by atoms with Crippen molar-refractivity contribution < 1.29 is 0 Å². The molecule has 0 aliphatic heterocycles. The van der Waals surface area contributed by atoms with Gasteiger partial charge in [-0.1, -0.05) is 6.42 Å². The normalized spacial score (nSPS) is 10.2. The Hall–Kier alpha value is -1.09. The highest BCUT2D eigenvalue weighted by Gasteiger charge is 1.98. The van der Waals surface area contributed by atoms with E-state index in [-0.39, 0.29) is 0 Å². The second kappa shape index (κ2) is 5.54. The fourth-order valence-corrected chi connectivity index (χ4v) is 1.27. The lowest BCUT2D eigenvalue weighted by Crippen LogP contribution is -2.00. The number of unbranched alkanes of at least 4 members (excludes halogenated alkanes) is 2. The highest BCUT2D eigenvalue weighted by Crippen LogP contribution is 2.10. The Morgan fingerprint density at radius 1 is 1.23 bits per heavy atom. The zero-order chi connectivity index (χ0) is 9.52. The Morgan fingerprint density at radius 3 is 2.77 bits per heavy atom. The summed E-state index contributed by atoms with van der Waals surface area (Å²) < 4.78 is 0. The summed E-state index contributed by atoms with van der Waals surface area (Å²) in [5.41, 5.74) is 13.0. The molecule has 0 unspecified atom stereocenters. The third-order valence-corrected chi connectivity index (χ3v) is 2.04. The predicted molar refractivity (Wildman–Crippen MR) is 55.3 cm³/mol. The molecule has 3 heteroatoms. The van der Waals surface area contributed by atoms with E-state index in [1.54, 1.807) is 6.20 Å². The number of aromatic nitrogens is 1. The summed E-state index contributed by atoms with van der Waals surface area (Å²) >= 11 is 0. The molecule has 3 nitrogen and oxygen atoms in total. The van der Waals surface area contributed by atoms with Crippen LogP contribution in [0.1, 0.15) is 25.0 Å². The monoisotopic (exact) mass is 179 g/mol. The molecule has 13 heavy (non-hydrogen) atoms. The molecule has 0 bridgehead atoms. The number of rotatable bonds is 5. The van der Waals surface area contributed by atoms with Gasteiger partial charge in [0, 0.05) is 6.20 Å². The van der Waals surface area contributed by atoms with Crippen molar-refractivity contribution >= 4 is 5.69 Å². The predicted octanol–water partition coefficient (Wildman–Crippen LogP) is 1.34. The first-order valence-electron chi connectivity index (χ1n) is 4.74. The van der Waals surface area contributed by atoms with Gasteiger partial charge in [0.05, 0.1) is 11.4 Å². The Morgan fingerprint density at radius 2 is 2.08 bits per heavy atom. The highest BCUT2D eigenvalue weighted by molar-refractivity contribution is 5.41. The molecule has 0 aliphatic carbocycles. The number of pyridine rings is 1. The first kappa shape index (κ1) is 9.99. The Kier molecular flexibility index (Phi) is 4.26. The largest absolute Gasteiger partial charge is 0.397 e. The summed E-state index contributed by atoms with van der Waals surface area (Å²) in [6.45, 7) is 0.775. The van der Waals surface area contributed by atoms with Gasteiger partial charge in [-0.05, 0) is 37.9 Å². The molecule has 0 aliphatic rings. The zero-order valence-electron chi connectivity index (χ0n) is 7.87. The molecule has 0 saturated carbocycles. The molecular formula is C10H17N3. The molecule has 1 aromatic heterocycles. The van der Waals surface area contributed by atoms with Crippen molar-refractivity contribution in [1.29, 1.82) is 0 Å². The SMILES string of the molecule is NCCCCCc1ncccc1N. The van der Waals surface area contributed by atoms with Crippen molar-refractivity contribution in [3.05, 3.63) is 24.0 Å². The minimum absolute atomic E-state index is 0.775. The van der Waals surface area contributed by atoms with Gasteiger partial charge in [-0.25, -0.2) is 0 Å². The fraction of sp³-hybridized carbons (Fsp3) is 0.500. The van der Waals surface area contributed by atoms with Gasteiger partial charge in [0.15, 0.2) is 0 Å². The van der Waals surface area contributed by atoms with Gasteiger partial charge in [-0.15, -0.1) is 0 Å². The summed E-state index contributed by atoms with van der Waals surface area (Å²) in [6.07, 6.45) is 6.12. The summed E-state index contributed by atoms with van der Waals surface area (Å²) in [4.78, 5) is 4.22. The Bertz CT molecular complexity index is 248. The van der Waals surface area contributed by atoms with Crippen molar-refractivity contribution in [2.45, 2.75) is 25.7 Å². The van der Waals surface area contributed by atoms with E-state index in [4.69, 9.17) is 11.5 Å². The van der Waals surface area contributed by atoms with Gasteiger partial charge in [-0.2, -0.15) is 0 Å². The zero-order valence-corrected chi connectivity index (χ0v) is 7.87. The van der Waals surface area contributed by atoms with Gasteiger partial charge in [0.25, 0.3) is 0 Å². The van der Waals surface area contributed by atoms with Crippen LogP contribution in [0, 0.1) is 0 Å². The topological polar surface area (TPSA) is 64.9 Å². The van der Waals surface area contributed by atoms with E-state index >= 15 is 0 Å². The van der Waals surface area contributed by atoms with Crippen LogP contribution in [0.2, 0.25) is 0 Å². The van der Waals surface area contributed by atoms with Crippen LogP contribution >= 0.6 is 0 Å². The second-order valence-electron chi connectivity index (χ2n) is 3.14. The van der Waals surface area contributed by atoms with Crippen LogP contribution in [0.25, 0.3) is 0 Å². The lowest BCUT2D eigenvalue weighted by molar-refractivity contribution is 0.680. The summed E-state index contributed by atoms with van der Waals surface area (Å²) in [5, 5.41) is 0. The quantitative estimate of drug-likeness (QED) is 0.670. The summed E-state index contributed by atoms with van der Waals surface area (Å²) in [7, 11) is 0. The minimum atomic E-state index is 0.775.